The topological polar surface area (TPSA) is 180 Å². The molecule has 1 rings (SSSR count). The van der Waals surface area contributed by atoms with Gasteiger partial charge in [-0.1, -0.05) is 77.9 Å². The van der Waals surface area contributed by atoms with Crippen LogP contribution in [0.5, 0.6) is 0 Å². The molecule has 0 aromatic heterocycles. The molecule has 0 radical (unpaired) electrons. The zero-order valence-electron chi connectivity index (χ0n) is 33.1. The van der Waals surface area contributed by atoms with Gasteiger partial charge in [0, 0.05) is 12.8 Å². The maximum Gasteiger partial charge on any atom is 0.311 e. The molecule has 12 heteroatoms. The SMILES string of the molecule is CCCCC(CC)COC(=O)CCCCCOC(=O)CC(C(=O)O)C1C=C(C)C(C(=O)O)C(C(=O)OCCCCCC(=O)OCC(CC)CCCC)C1. The fraction of sp³-hybridized carbons (Fsp3) is 0.805. The van der Waals surface area contributed by atoms with E-state index in [9.17, 15) is 39.0 Å². The highest BCUT2D eigenvalue weighted by Crippen LogP contribution is 2.39. The monoisotopic (exact) mass is 752 g/mol. The van der Waals surface area contributed by atoms with E-state index in [1.807, 2.05) is 0 Å². The third-order valence-electron chi connectivity index (χ3n) is 10.3. The first kappa shape index (κ1) is 47.6. The van der Waals surface area contributed by atoms with Crippen LogP contribution in [0.3, 0.4) is 0 Å². The molecule has 0 aromatic rings. The second kappa shape index (κ2) is 28.1. The summed E-state index contributed by atoms with van der Waals surface area (Å²) in [5.74, 6) is -7.94. The van der Waals surface area contributed by atoms with E-state index in [2.05, 4.69) is 27.7 Å². The van der Waals surface area contributed by atoms with E-state index in [1.165, 1.54) is 6.08 Å². The molecule has 0 bridgehead atoms. The van der Waals surface area contributed by atoms with Crippen molar-refractivity contribution in [2.45, 2.75) is 150 Å². The van der Waals surface area contributed by atoms with Crippen LogP contribution in [0.15, 0.2) is 11.6 Å². The standard InChI is InChI=1S/C41H68O12/c1-6-10-18-30(8-3)27-52-35(42)20-14-12-16-22-50-37(44)26-33(39(45)46)32-24-29(5)38(40(47)48)34(25-32)41(49)51-23-17-13-15-21-36(43)53-28-31(9-4)19-11-7-2/h24,30-34,38H,6-23,25-28H2,1-5H3,(H,45,46)(H,47,48). The number of aliphatic carboxylic acids is 2. The van der Waals surface area contributed by atoms with Crippen LogP contribution in [0, 0.1) is 35.5 Å². The molecule has 12 nitrogen and oxygen atoms in total. The number of rotatable bonds is 30. The Morgan fingerprint density at radius 2 is 1.19 bits per heavy atom. The van der Waals surface area contributed by atoms with Crippen LogP contribution in [0.1, 0.15) is 150 Å². The summed E-state index contributed by atoms with van der Waals surface area (Å²) in [6.45, 7) is 11.0. The lowest BCUT2D eigenvalue weighted by atomic mass is 9.70. The maximum absolute atomic E-state index is 13.1. The van der Waals surface area contributed by atoms with Gasteiger partial charge in [0.25, 0.3) is 0 Å². The van der Waals surface area contributed by atoms with Crippen molar-refractivity contribution >= 4 is 35.8 Å². The van der Waals surface area contributed by atoms with Crippen molar-refractivity contribution in [3.05, 3.63) is 11.6 Å². The molecule has 0 aliphatic heterocycles. The number of hydrogen-bond donors (Lipinski definition) is 2. The third kappa shape index (κ3) is 20.0. The fourth-order valence-electron chi connectivity index (χ4n) is 6.72. The largest absolute Gasteiger partial charge is 0.481 e. The number of hydrogen-bond acceptors (Lipinski definition) is 10. The molecule has 0 heterocycles. The number of esters is 4. The number of carbonyl (C=O) groups excluding carboxylic acids is 4. The third-order valence-corrected chi connectivity index (χ3v) is 10.3. The van der Waals surface area contributed by atoms with Gasteiger partial charge in [-0.3, -0.25) is 28.8 Å². The number of unbranched alkanes of at least 4 members (excludes halogenated alkanes) is 6. The summed E-state index contributed by atoms with van der Waals surface area (Å²) in [4.78, 5) is 74.5. The molecule has 0 spiro atoms. The maximum atomic E-state index is 13.1. The molecule has 6 atom stereocenters. The zero-order valence-corrected chi connectivity index (χ0v) is 33.1. The lowest BCUT2D eigenvalue weighted by Gasteiger charge is -2.33. The highest BCUT2D eigenvalue weighted by Gasteiger charge is 2.44. The lowest BCUT2D eigenvalue weighted by molar-refractivity contribution is -0.159. The van der Waals surface area contributed by atoms with Gasteiger partial charge in [-0.25, -0.2) is 0 Å². The highest BCUT2D eigenvalue weighted by atomic mass is 16.5. The van der Waals surface area contributed by atoms with E-state index >= 15 is 0 Å². The van der Waals surface area contributed by atoms with Crippen LogP contribution in [-0.4, -0.2) is 72.5 Å². The van der Waals surface area contributed by atoms with Crippen molar-refractivity contribution in [1.29, 1.82) is 0 Å². The summed E-state index contributed by atoms with van der Waals surface area (Å²) >= 11 is 0. The van der Waals surface area contributed by atoms with E-state index in [-0.39, 0.29) is 44.4 Å². The molecule has 2 N–H and O–H groups in total. The predicted molar refractivity (Wildman–Crippen MR) is 200 cm³/mol. The quantitative estimate of drug-likeness (QED) is 0.0312. The summed E-state index contributed by atoms with van der Waals surface area (Å²) < 4.78 is 21.6. The first-order valence-electron chi connectivity index (χ1n) is 20.1. The Bertz CT molecular complexity index is 1150. The van der Waals surface area contributed by atoms with Crippen molar-refractivity contribution in [2.75, 3.05) is 26.4 Å². The minimum atomic E-state index is -1.25. The smallest absolute Gasteiger partial charge is 0.311 e. The molecular formula is C41H68O12. The van der Waals surface area contributed by atoms with Gasteiger partial charge < -0.3 is 29.2 Å². The molecule has 0 saturated heterocycles. The van der Waals surface area contributed by atoms with Crippen LogP contribution in [0.4, 0.5) is 0 Å². The first-order valence-corrected chi connectivity index (χ1v) is 20.1. The average Bonchev–Trinajstić information content (AvgIpc) is 3.12. The van der Waals surface area contributed by atoms with Crippen molar-refractivity contribution in [3.63, 3.8) is 0 Å². The minimum absolute atomic E-state index is 0.0350. The Morgan fingerprint density at radius 3 is 1.64 bits per heavy atom. The molecule has 53 heavy (non-hydrogen) atoms. The molecule has 304 valence electrons. The Morgan fingerprint density at radius 1 is 0.679 bits per heavy atom. The van der Waals surface area contributed by atoms with Crippen LogP contribution < -0.4 is 0 Å². The summed E-state index contributed by atoms with van der Waals surface area (Å²) in [6, 6.07) is 0. The Labute approximate surface area is 317 Å². The second-order valence-electron chi connectivity index (χ2n) is 14.6. The fourth-order valence-corrected chi connectivity index (χ4v) is 6.72. The molecule has 1 aliphatic rings. The van der Waals surface area contributed by atoms with E-state index in [1.54, 1.807) is 6.92 Å². The van der Waals surface area contributed by atoms with E-state index in [0.29, 0.717) is 69.1 Å². The van der Waals surface area contributed by atoms with Crippen LogP contribution in [0.2, 0.25) is 0 Å². The number of ether oxygens (including phenoxy) is 4. The van der Waals surface area contributed by atoms with Crippen molar-refractivity contribution in [1.82, 2.24) is 0 Å². The number of carboxylic acid groups (broad SMARTS) is 2. The van der Waals surface area contributed by atoms with Crippen LogP contribution in [0.25, 0.3) is 0 Å². The van der Waals surface area contributed by atoms with Crippen LogP contribution >= 0.6 is 0 Å². The summed E-state index contributed by atoms with van der Waals surface area (Å²) in [5.41, 5.74) is 0.332. The summed E-state index contributed by atoms with van der Waals surface area (Å²) in [7, 11) is 0. The molecular weight excluding hydrogens is 684 g/mol. The molecule has 0 fully saturated rings. The molecule has 0 aromatic carbocycles. The highest BCUT2D eigenvalue weighted by molar-refractivity contribution is 5.84. The minimum Gasteiger partial charge on any atom is -0.481 e. The van der Waals surface area contributed by atoms with Crippen molar-refractivity contribution in [2.24, 2.45) is 35.5 Å². The van der Waals surface area contributed by atoms with Gasteiger partial charge >= 0.3 is 35.8 Å². The Balaban J connectivity index is 2.53. The molecule has 0 saturated carbocycles. The average molecular weight is 753 g/mol. The van der Waals surface area contributed by atoms with Gasteiger partial charge in [-0.2, -0.15) is 0 Å². The summed E-state index contributed by atoms with van der Waals surface area (Å²) in [5, 5.41) is 19.9. The van der Waals surface area contributed by atoms with Gasteiger partial charge in [0.15, 0.2) is 0 Å². The van der Waals surface area contributed by atoms with E-state index in [4.69, 9.17) is 18.9 Å². The van der Waals surface area contributed by atoms with E-state index < -0.39 is 54.0 Å². The number of carbonyl (C=O) groups is 6. The van der Waals surface area contributed by atoms with E-state index in [0.717, 1.165) is 51.4 Å². The molecule has 1 aliphatic carbocycles. The molecule has 6 unspecified atom stereocenters. The predicted octanol–water partition coefficient (Wildman–Crippen LogP) is 8.09. The van der Waals surface area contributed by atoms with Gasteiger partial charge in [0.2, 0.25) is 0 Å². The normalized spacial score (nSPS) is 18.6. The second-order valence-corrected chi connectivity index (χ2v) is 14.6. The first-order chi connectivity index (χ1) is 25.4. The number of allylic oxidation sites excluding steroid dienone is 1. The zero-order chi connectivity index (χ0) is 39.6. The Hall–Kier alpha value is -3.44. The van der Waals surface area contributed by atoms with Crippen molar-refractivity contribution < 1.29 is 57.9 Å². The Kier molecular flexibility index (Phi) is 25.2. The number of carboxylic acids is 2. The van der Waals surface area contributed by atoms with Gasteiger partial charge in [0.1, 0.15) is 0 Å². The molecule has 0 amide bonds. The van der Waals surface area contributed by atoms with Crippen LogP contribution in [-0.2, 0) is 47.7 Å². The van der Waals surface area contributed by atoms with Gasteiger partial charge in [-0.05, 0) is 82.5 Å². The van der Waals surface area contributed by atoms with Gasteiger partial charge in [0.05, 0.1) is 50.6 Å². The van der Waals surface area contributed by atoms with Gasteiger partial charge in [-0.15, -0.1) is 0 Å². The lowest BCUT2D eigenvalue weighted by Crippen LogP contribution is -2.39. The summed E-state index contributed by atoms with van der Waals surface area (Å²) in [6.07, 6.45) is 13.4. The van der Waals surface area contributed by atoms with Crippen molar-refractivity contribution in [3.8, 4) is 0 Å².